The van der Waals surface area contributed by atoms with Gasteiger partial charge in [-0.2, -0.15) is 0 Å². The molecule has 0 unspecified atom stereocenters. The van der Waals surface area contributed by atoms with Crippen molar-refractivity contribution >= 4 is 15.9 Å². The standard InChI is InChI=1S/C14H20BrNO/c1-14(2,16)8-10-7-9-5-4-6-11(9)12(15)13(10)17-3/h7H,4-6,8,16H2,1-3H3. The summed E-state index contributed by atoms with van der Waals surface area (Å²) < 4.78 is 6.68. The van der Waals surface area contributed by atoms with Crippen molar-refractivity contribution in [2.75, 3.05) is 7.11 Å². The molecule has 0 saturated carbocycles. The van der Waals surface area contributed by atoms with Gasteiger partial charge in [0.25, 0.3) is 0 Å². The maximum Gasteiger partial charge on any atom is 0.136 e. The van der Waals surface area contributed by atoms with Gasteiger partial charge in [0, 0.05) is 5.54 Å². The Balaban J connectivity index is 2.48. The maximum atomic E-state index is 6.12. The molecule has 0 bridgehead atoms. The van der Waals surface area contributed by atoms with E-state index in [1.807, 2.05) is 13.8 Å². The van der Waals surface area contributed by atoms with Crippen LogP contribution in [-0.4, -0.2) is 12.6 Å². The van der Waals surface area contributed by atoms with Crippen LogP contribution in [-0.2, 0) is 19.3 Å². The van der Waals surface area contributed by atoms with E-state index >= 15 is 0 Å². The van der Waals surface area contributed by atoms with Crippen molar-refractivity contribution in [2.45, 2.75) is 45.1 Å². The van der Waals surface area contributed by atoms with Crippen LogP contribution in [0, 0.1) is 0 Å². The zero-order chi connectivity index (χ0) is 12.6. The molecule has 0 aliphatic heterocycles. The Bertz CT molecular complexity index is 435. The molecule has 0 heterocycles. The van der Waals surface area contributed by atoms with Crippen molar-refractivity contribution < 1.29 is 4.74 Å². The van der Waals surface area contributed by atoms with Crippen LogP contribution >= 0.6 is 15.9 Å². The Kier molecular flexibility index (Phi) is 3.50. The van der Waals surface area contributed by atoms with Gasteiger partial charge in [0.2, 0.25) is 0 Å². The van der Waals surface area contributed by atoms with Crippen molar-refractivity contribution in [1.82, 2.24) is 0 Å². The summed E-state index contributed by atoms with van der Waals surface area (Å²) in [5, 5.41) is 0. The van der Waals surface area contributed by atoms with Crippen LogP contribution in [0.1, 0.15) is 37.0 Å². The minimum absolute atomic E-state index is 0.209. The molecule has 0 fully saturated rings. The van der Waals surface area contributed by atoms with Gasteiger partial charge in [0.1, 0.15) is 5.75 Å². The first-order chi connectivity index (χ1) is 7.92. The number of methoxy groups -OCH3 is 1. The van der Waals surface area contributed by atoms with E-state index in [4.69, 9.17) is 10.5 Å². The van der Waals surface area contributed by atoms with Crippen LogP contribution in [0.5, 0.6) is 5.75 Å². The van der Waals surface area contributed by atoms with Crippen LogP contribution in [0.2, 0.25) is 0 Å². The number of rotatable bonds is 3. The smallest absolute Gasteiger partial charge is 0.136 e. The highest BCUT2D eigenvalue weighted by Crippen LogP contribution is 2.39. The molecule has 17 heavy (non-hydrogen) atoms. The van der Waals surface area contributed by atoms with Gasteiger partial charge in [-0.15, -0.1) is 0 Å². The van der Waals surface area contributed by atoms with Gasteiger partial charge < -0.3 is 10.5 Å². The number of benzene rings is 1. The van der Waals surface area contributed by atoms with E-state index < -0.39 is 0 Å². The Labute approximate surface area is 112 Å². The first-order valence-corrected chi connectivity index (χ1v) is 6.87. The Morgan fingerprint density at radius 1 is 1.41 bits per heavy atom. The van der Waals surface area contributed by atoms with Crippen molar-refractivity contribution in [3.05, 3.63) is 27.2 Å². The average Bonchev–Trinajstić information content (AvgIpc) is 2.64. The first kappa shape index (κ1) is 12.9. The molecule has 0 aromatic heterocycles. The summed E-state index contributed by atoms with van der Waals surface area (Å²) in [6.45, 7) is 4.10. The third kappa shape index (κ3) is 2.66. The molecule has 2 N–H and O–H groups in total. The zero-order valence-corrected chi connectivity index (χ0v) is 12.4. The summed E-state index contributed by atoms with van der Waals surface area (Å²) in [5.74, 6) is 0.962. The molecule has 2 nitrogen and oxygen atoms in total. The van der Waals surface area contributed by atoms with E-state index in [0.29, 0.717) is 0 Å². The van der Waals surface area contributed by atoms with Gasteiger partial charge in [-0.25, -0.2) is 0 Å². The summed E-state index contributed by atoms with van der Waals surface area (Å²) in [7, 11) is 1.73. The van der Waals surface area contributed by atoms with Crippen LogP contribution in [0.4, 0.5) is 0 Å². The van der Waals surface area contributed by atoms with Crippen LogP contribution in [0.15, 0.2) is 10.5 Å². The molecule has 0 spiro atoms. The molecule has 0 amide bonds. The van der Waals surface area contributed by atoms with E-state index in [-0.39, 0.29) is 5.54 Å². The third-order valence-electron chi connectivity index (χ3n) is 3.22. The van der Waals surface area contributed by atoms with Gasteiger partial charge in [-0.05, 0) is 72.2 Å². The number of nitrogens with two attached hydrogens (primary N) is 1. The van der Waals surface area contributed by atoms with Gasteiger partial charge in [-0.3, -0.25) is 0 Å². The fraction of sp³-hybridized carbons (Fsp3) is 0.571. The lowest BCUT2D eigenvalue weighted by Crippen LogP contribution is -2.34. The number of ether oxygens (including phenoxy) is 1. The molecule has 2 rings (SSSR count). The van der Waals surface area contributed by atoms with Crippen LogP contribution < -0.4 is 10.5 Å². The number of halogens is 1. The SMILES string of the molecule is COc1c(CC(C)(C)N)cc2c(c1Br)CCC2. The molecule has 1 aliphatic rings. The molecule has 0 saturated heterocycles. The van der Waals surface area contributed by atoms with E-state index in [1.165, 1.54) is 29.5 Å². The largest absolute Gasteiger partial charge is 0.495 e. The quantitative estimate of drug-likeness (QED) is 0.930. The van der Waals surface area contributed by atoms with Crippen molar-refractivity contribution in [1.29, 1.82) is 0 Å². The van der Waals surface area contributed by atoms with Gasteiger partial charge in [-0.1, -0.05) is 6.07 Å². The van der Waals surface area contributed by atoms with Gasteiger partial charge >= 0.3 is 0 Å². The van der Waals surface area contributed by atoms with E-state index in [1.54, 1.807) is 7.11 Å². The van der Waals surface area contributed by atoms with Gasteiger partial charge in [0.15, 0.2) is 0 Å². The molecule has 3 heteroatoms. The second-order valence-electron chi connectivity index (χ2n) is 5.54. The minimum atomic E-state index is -0.209. The second-order valence-corrected chi connectivity index (χ2v) is 6.33. The normalized spacial score (nSPS) is 14.9. The Hall–Kier alpha value is -0.540. The second kappa shape index (κ2) is 4.62. The molecule has 0 radical (unpaired) electrons. The molecule has 94 valence electrons. The summed E-state index contributed by atoms with van der Waals surface area (Å²) in [5.41, 5.74) is 9.99. The van der Waals surface area contributed by atoms with Crippen molar-refractivity contribution in [3.63, 3.8) is 0 Å². The van der Waals surface area contributed by atoms with Crippen LogP contribution in [0.3, 0.4) is 0 Å². The maximum absolute atomic E-state index is 6.12. The van der Waals surface area contributed by atoms with Gasteiger partial charge in [0.05, 0.1) is 11.6 Å². The number of hydrogen-bond acceptors (Lipinski definition) is 2. The lowest BCUT2D eigenvalue weighted by molar-refractivity contribution is 0.399. The molecule has 0 atom stereocenters. The number of aryl methyl sites for hydroxylation is 1. The summed E-state index contributed by atoms with van der Waals surface area (Å²) in [6, 6.07) is 2.28. The fourth-order valence-corrected chi connectivity index (χ4v) is 3.44. The Morgan fingerprint density at radius 3 is 2.71 bits per heavy atom. The predicted molar refractivity (Wildman–Crippen MR) is 74.7 cm³/mol. The van der Waals surface area contributed by atoms with E-state index in [2.05, 4.69) is 22.0 Å². The summed E-state index contributed by atoms with van der Waals surface area (Å²) in [6.07, 6.45) is 4.41. The van der Waals surface area contributed by atoms with Crippen molar-refractivity contribution in [3.8, 4) is 5.75 Å². The summed E-state index contributed by atoms with van der Waals surface area (Å²) in [4.78, 5) is 0. The highest BCUT2D eigenvalue weighted by Gasteiger charge is 2.23. The lowest BCUT2D eigenvalue weighted by Gasteiger charge is -2.22. The third-order valence-corrected chi connectivity index (χ3v) is 4.05. The van der Waals surface area contributed by atoms with E-state index in [0.717, 1.165) is 23.1 Å². The topological polar surface area (TPSA) is 35.2 Å². The van der Waals surface area contributed by atoms with Crippen LogP contribution in [0.25, 0.3) is 0 Å². The fourth-order valence-electron chi connectivity index (χ4n) is 2.57. The number of hydrogen-bond donors (Lipinski definition) is 1. The average molecular weight is 298 g/mol. The first-order valence-electron chi connectivity index (χ1n) is 6.08. The van der Waals surface area contributed by atoms with E-state index in [9.17, 15) is 0 Å². The molecular formula is C14H20BrNO. The minimum Gasteiger partial charge on any atom is -0.495 e. The molecule has 1 aromatic rings. The zero-order valence-electron chi connectivity index (χ0n) is 10.8. The predicted octanol–water partition coefficient (Wildman–Crippen LogP) is 3.23. The summed E-state index contributed by atoms with van der Waals surface area (Å²) >= 11 is 3.69. The monoisotopic (exact) mass is 297 g/mol. The number of fused-ring (bicyclic) bond motifs is 1. The lowest BCUT2D eigenvalue weighted by atomic mass is 9.93. The highest BCUT2D eigenvalue weighted by atomic mass is 79.9. The molecule has 1 aliphatic carbocycles. The molecule has 1 aromatic carbocycles. The molecular weight excluding hydrogens is 278 g/mol. The van der Waals surface area contributed by atoms with Crippen molar-refractivity contribution in [2.24, 2.45) is 5.73 Å². The Morgan fingerprint density at radius 2 is 2.12 bits per heavy atom. The highest BCUT2D eigenvalue weighted by molar-refractivity contribution is 9.10.